The van der Waals surface area contributed by atoms with Gasteiger partial charge in [0, 0.05) is 10.9 Å². The van der Waals surface area contributed by atoms with Crippen molar-refractivity contribution in [3.63, 3.8) is 0 Å². The van der Waals surface area contributed by atoms with Gasteiger partial charge in [-0.3, -0.25) is 0 Å². The molecule has 1 aliphatic rings. The van der Waals surface area contributed by atoms with E-state index in [4.69, 9.17) is 14.6 Å². The molecule has 0 bridgehead atoms. The molecule has 0 radical (unpaired) electrons. The highest BCUT2D eigenvalue weighted by atomic mass is 32.1. The average molecular weight is 263 g/mol. The van der Waals surface area contributed by atoms with E-state index in [-0.39, 0.29) is 5.01 Å². The molecule has 1 aromatic carbocycles. The molecule has 3 rings (SSSR count). The maximum absolute atomic E-state index is 10.8. The number of carboxylic acid groups (broad SMARTS) is 1. The number of ether oxygens (including phenoxy) is 2. The summed E-state index contributed by atoms with van der Waals surface area (Å²) in [5, 5.41) is 10.6. The van der Waals surface area contributed by atoms with E-state index in [0.29, 0.717) is 30.4 Å². The van der Waals surface area contributed by atoms with Crippen LogP contribution in [0.25, 0.3) is 11.3 Å². The van der Waals surface area contributed by atoms with Crippen molar-refractivity contribution in [3.8, 4) is 22.8 Å². The molecular formula is C12H9NO4S. The van der Waals surface area contributed by atoms with E-state index in [1.807, 2.05) is 18.2 Å². The van der Waals surface area contributed by atoms with Gasteiger partial charge < -0.3 is 14.6 Å². The number of thiazole rings is 1. The molecule has 92 valence electrons. The van der Waals surface area contributed by atoms with Gasteiger partial charge in [-0.1, -0.05) is 0 Å². The Morgan fingerprint density at radius 3 is 2.78 bits per heavy atom. The second-order valence-electron chi connectivity index (χ2n) is 3.70. The standard InChI is InChI=1S/C12H9NO4S/c14-12(15)11-13-8(6-18-11)7-1-2-9-10(5-7)17-4-3-16-9/h1-2,5-6H,3-4H2,(H,14,15). The monoisotopic (exact) mass is 263 g/mol. The number of benzene rings is 1. The van der Waals surface area contributed by atoms with Gasteiger partial charge >= 0.3 is 5.97 Å². The van der Waals surface area contributed by atoms with Crippen LogP contribution in [0.3, 0.4) is 0 Å². The second-order valence-corrected chi connectivity index (χ2v) is 4.56. The maximum atomic E-state index is 10.8. The van der Waals surface area contributed by atoms with Crippen molar-refractivity contribution in [3.05, 3.63) is 28.6 Å². The lowest BCUT2D eigenvalue weighted by Crippen LogP contribution is -2.15. The third kappa shape index (κ3) is 1.91. The number of hydrogen-bond donors (Lipinski definition) is 1. The molecule has 0 unspecified atom stereocenters. The lowest BCUT2D eigenvalue weighted by molar-refractivity contribution is 0.0696. The first-order chi connectivity index (χ1) is 8.74. The minimum atomic E-state index is -1.01. The van der Waals surface area contributed by atoms with Crippen molar-refractivity contribution in [2.45, 2.75) is 0 Å². The largest absolute Gasteiger partial charge is 0.486 e. The number of carboxylic acids is 1. The molecule has 1 aliphatic heterocycles. The fourth-order valence-electron chi connectivity index (χ4n) is 1.71. The number of fused-ring (bicyclic) bond motifs is 1. The van der Waals surface area contributed by atoms with E-state index in [0.717, 1.165) is 16.9 Å². The van der Waals surface area contributed by atoms with Crippen molar-refractivity contribution >= 4 is 17.3 Å². The van der Waals surface area contributed by atoms with Gasteiger partial charge in [0.25, 0.3) is 0 Å². The van der Waals surface area contributed by atoms with E-state index in [2.05, 4.69) is 4.98 Å². The van der Waals surface area contributed by atoms with Crippen molar-refractivity contribution < 1.29 is 19.4 Å². The van der Waals surface area contributed by atoms with Gasteiger partial charge in [0.2, 0.25) is 5.01 Å². The zero-order valence-corrected chi connectivity index (χ0v) is 10.1. The second kappa shape index (κ2) is 4.30. The number of hydrogen-bond acceptors (Lipinski definition) is 5. The van der Waals surface area contributed by atoms with Gasteiger partial charge in [-0.05, 0) is 18.2 Å². The third-order valence-electron chi connectivity index (χ3n) is 2.53. The summed E-state index contributed by atoms with van der Waals surface area (Å²) >= 11 is 1.11. The molecule has 0 saturated heterocycles. The number of carbonyl (C=O) groups is 1. The van der Waals surface area contributed by atoms with Crippen molar-refractivity contribution in [2.24, 2.45) is 0 Å². The zero-order valence-electron chi connectivity index (χ0n) is 9.25. The number of aromatic nitrogens is 1. The Balaban J connectivity index is 1.98. The Bertz CT molecular complexity index is 608. The summed E-state index contributed by atoms with van der Waals surface area (Å²) in [5.41, 5.74) is 1.46. The van der Waals surface area contributed by atoms with Crippen LogP contribution in [0.5, 0.6) is 11.5 Å². The summed E-state index contributed by atoms with van der Waals surface area (Å²) in [5.74, 6) is 0.367. The highest BCUT2D eigenvalue weighted by Crippen LogP contribution is 2.34. The summed E-state index contributed by atoms with van der Waals surface area (Å²) < 4.78 is 10.9. The summed E-state index contributed by atoms with van der Waals surface area (Å²) in [6, 6.07) is 5.47. The van der Waals surface area contributed by atoms with E-state index in [9.17, 15) is 4.79 Å². The molecule has 0 saturated carbocycles. The van der Waals surface area contributed by atoms with Crippen LogP contribution in [-0.2, 0) is 0 Å². The van der Waals surface area contributed by atoms with Crippen molar-refractivity contribution in [2.75, 3.05) is 13.2 Å². The van der Waals surface area contributed by atoms with Crippen LogP contribution in [0, 0.1) is 0 Å². The van der Waals surface area contributed by atoms with Crippen LogP contribution < -0.4 is 9.47 Å². The first-order valence-electron chi connectivity index (χ1n) is 5.33. The summed E-state index contributed by atoms with van der Waals surface area (Å²) in [7, 11) is 0. The fourth-order valence-corrected chi connectivity index (χ4v) is 2.37. The lowest BCUT2D eigenvalue weighted by atomic mass is 10.1. The average Bonchev–Trinajstić information content (AvgIpc) is 2.88. The number of rotatable bonds is 2. The predicted octanol–water partition coefficient (Wildman–Crippen LogP) is 2.28. The SMILES string of the molecule is O=C(O)c1nc(-c2ccc3c(c2)OCCO3)cs1. The van der Waals surface area contributed by atoms with Gasteiger partial charge in [0.05, 0.1) is 5.69 Å². The van der Waals surface area contributed by atoms with Gasteiger partial charge in [0.1, 0.15) is 13.2 Å². The van der Waals surface area contributed by atoms with Crippen LogP contribution in [0.1, 0.15) is 9.80 Å². The minimum Gasteiger partial charge on any atom is -0.486 e. The molecule has 1 N–H and O–H groups in total. The lowest BCUT2D eigenvalue weighted by Gasteiger charge is -2.18. The Kier molecular flexibility index (Phi) is 2.64. The minimum absolute atomic E-state index is 0.0832. The molecule has 0 atom stereocenters. The Morgan fingerprint density at radius 2 is 2.06 bits per heavy atom. The fraction of sp³-hybridized carbons (Fsp3) is 0.167. The van der Waals surface area contributed by atoms with Gasteiger partial charge in [-0.25, -0.2) is 9.78 Å². The number of aromatic carboxylic acids is 1. The molecule has 2 aromatic rings. The number of nitrogens with zero attached hydrogens (tertiary/aromatic N) is 1. The molecule has 0 fully saturated rings. The quantitative estimate of drug-likeness (QED) is 0.900. The molecule has 0 amide bonds. The van der Waals surface area contributed by atoms with E-state index in [1.54, 1.807) is 5.38 Å². The molecule has 5 nitrogen and oxygen atoms in total. The Morgan fingerprint density at radius 1 is 1.28 bits per heavy atom. The van der Waals surface area contributed by atoms with Crippen molar-refractivity contribution in [1.29, 1.82) is 0 Å². The van der Waals surface area contributed by atoms with Crippen LogP contribution in [-0.4, -0.2) is 29.3 Å². The molecule has 0 spiro atoms. The highest BCUT2D eigenvalue weighted by Gasteiger charge is 2.15. The molecule has 18 heavy (non-hydrogen) atoms. The van der Waals surface area contributed by atoms with Crippen LogP contribution in [0.2, 0.25) is 0 Å². The highest BCUT2D eigenvalue weighted by molar-refractivity contribution is 7.11. The molecule has 6 heteroatoms. The van der Waals surface area contributed by atoms with Gasteiger partial charge in [0.15, 0.2) is 11.5 Å². The normalized spacial score (nSPS) is 13.3. The van der Waals surface area contributed by atoms with Crippen LogP contribution in [0.15, 0.2) is 23.6 Å². The van der Waals surface area contributed by atoms with Crippen LogP contribution in [0.4, 0.5) is 0 Å². The smallest absolute Gasteiger partial charge is 0.365 e. The zero-order chi connectivity index (χ0) is 12.5. The molecular weight excluding hydrogens is 254 g/mol. The summed E-state index contributed by atoms with van der Waals surface area (Å²) in [6.45, 7) is 1.07. The summed E-state index contributed by atoms with van der Waals surface area (Å²) in [4.78, 5) is 14.8. The molecule has 0 aliphatic carbocycles. The first-order valence-corrected chi connectivity index (χ1v) is 6.21. The van der Waals surface area contributed by atoms with E-state index in [1.165, 1.54) is 0 Å². The van der Waals surface area contributed by atoms with E-state index >= 15 is 0 Å². The topological polar surface area (TPSA) is 68.7 Å². The first kappa shape index (κ1) is 11.0. The van der Waals surface area contributed by atoms with E-state index < -0.39 is 5.97 Å². The molecule has 2 heterocycles. The van der Waals surface area contributed by atoms with Gasteiger partial charge in [-0.15, -0.1) is 11.3 Å². The Hall–Kier alpha value is -2.08. The Labute approximate surface area is 107 Å². The van der Waals surface area contributed by atoms with Crippen molar-refractivity contribution in [1.82, 2.24) is 4.98 Å². The predicted molar refractivity (Wildman–Crippen MR) is 65.5 cm³/mol. The molecule has 1 aromatic heterocycles. The van der Waals surface area contributed by atoms with Crippen LogP contribution >= 0.6 is 11.3 Å². The summed E-state index contributed by atoms with van der Waals surface area (Å²) in [6.07, 6.45) is 0. The third-order valence-corrected chi connectivity index (χ3v) is 3.36. The van der Waals surface area contributed by atoms with Gasteiger partial charge in [-0.2, -0.15) is 0 Å². The maximum Gasteiger partial charge on any atom is 0.365 e.